The van der Waals surface area contributed by atoms with E-state index in [-0.39, 0.29) is 0 Å². The van der Waals surface area contributed by atoms with E-state index in [0.717, 1.165) is 23.8 Å². The van der Waals surface area contributed by atoms with Crippen LogP contribution in [0.15, 0.2) is 0 Å². The highest BCUT2D eigenvalue weighted by molar-refractivity contribution is 9.09. The zero-order chi connectivity index (χ0) is 10.4. The maximum absolute atomic E-state index is 5.23. The lowest BCUT2D eigenvalue weighted by Gasteiger charge is -2.33. The van der Waals surface area contributed by atoms with E-state index in [9.17, 15) is 0 Å². The summed E-state index contributed by atoms with van der Waals surface area (Å²) in [6.07, 6.45) is 2.68. The van der Waals surface area contributed by atoms with Crippen molar-refractivity contribution in [1.82, 2.24) is 4.90 Å². The van der Waals surface area contributed by atoms with Gasteiger partial charge in [0.05, 0.1) is 6.61 Å². The SMILES string of the molecule is COCC1CCCN(CC(C)CBr)C1. The van der Waals surface area contributed by atoms with Gasteiger partial charge in [0.1, 0.15) is 0 Å². The number of hydrogen-bond donors (Lipinski definition) is 0. The molecule has 14 heavy (non-hydrogen) atoms. The van der Waals surface area contributed by atoms with Crippen LogP contribution in [-0.4, -0.2) is 43.6 Å². The lowest BCUT2D eigenvalue weighted by molar-refractivity contribution is 0.0856. The van der Waals surface area contributed by atoms with Crippen molar-refractivity contribution in [2.75, 3.05) is 38.7 Å². The molecule has 0 aromatic heterocycles. The van der Waals surface area contributed by atoms with Gasteiger partial charge in [0, 0.05) is 25.5 Å². The number of alkyl halides is 1. The highest BCUT2D eigenvalue weighted by atomic mass is 79.9. The number of rotatable bonds is 5. The van der Waals surface area contributed by atoms with Gasteiger partial charge >= 0.3 is 0 Å². The maximum Gasteiger partial charge on any atom is 0.0502 e. The molecule has 3 heteroatoms. The minimum Gasteiger partial charge on any atom is -0.384 e. The fourth-order valence-electron chi connectivity index (χ4n) is 2.18. The fraction of sp³-hybridized carbons (Fsp3) is 1.00. The molecule has 1 aliphatic rings. The summed E-state index contributed by atoms with van der Waals surface area (Å²) >= 11 is 3.54. The normalized spacial score (nSPS) is 26.4. The standard InChI is InChI=1S/C11H22BrNO/c1-10(6-12)7-13-5-3-4-11(8-13)9-14-2/h10-11H,3-9H2,1-2H3. The summed E-state index contributed by atoms with van der Waals surface area (Å²) in [4.78, 5) is 2.58. The highest BCUT2D eigenvalue weighted by Crippen LogP contribution is 2.18. The van der Waals surface area contributed by atoms with Crippen molar-refractivity contribution in [2.45, 2.75) is 19.8 Å². The number of methoxy groups -OCH3 is 1. The molecule has 1 fully saturated rings. The number of hydrogen-bond acceptors (Lipinski definition) is 2. The molecule has 0 spiro atoms. The first-order valence-corrected chi connectivity index (χ1v) is 6.65. The average molecular weight is 264 g/mol. The molecular formula is C11H22BrNO. The van der Waals surface area contributed by atoms with Gasteiger partial charge < -0.3 is 9.64 Å². The number of ether oxygens (including phenoxy) is 1. The third-order valence-corrected chi connectivity index (χ3v) is 3.94. The van der Waals surface area contributed by atoms with E-state index in [4.69, 9.17) is 4.74 Å². The molecule has 2 atom stereocenters. The molecular weight excluding hydrogens is 242 g/mol. The Labute approximate surface area is 96.1 Å². The fourth-order valence-corrected chi connectivity index (χ4v) is 2.38. The lowest BCUT2D eigenvalue weighted by Crippen LogP contribution is -2.39. The van der Waals surface area contributed by atoms with Crippen LogP contribution in [-0.2, 0) is 4.74 Å². The molecule has 2 nitrogen and oxygen atoms in total. The second kappa shape index (κ2) is 6.81. The van der Waals surface area contributed by atoms with Crippen molar-refractivity contribution in [2.24, 2.45) is 11.8 Å². The Balaban J connectivity index is 2.25. The Morgan fingerprint density at radius 2 is 2.36 bits per heavy atom. The van der Waals surface area contributed by atoms with Crippen LogP contribution in [0.4, 0.5) is 0 Å². The van der Waals surface area contributed by atoms with Crippen LogP contribution >= 0.6 is 15.9 Å². The van der Waals surface area contributed by atoms with E-state index in [1.54, 1.807) is 7.11 Å². The summed E-state index contributed by atoms with van der Waals surface area (Å²) in [5.41, 5.74) is 0. The van der Waals surface area contributed by atoms with Crippen molar-refractivity contribution in [1.29, 1.82) is 0 Å². The molecule has 0 bridgehead atoms. The number of likely N-dealkylation sites (tertiary alicyclic amines) is 1. The Morgan fingerprint density at radius 3 is 3.00 bits per heavy atom. The summed E-state index contributed by atoms with van der Waals surface area (Å²) in [6.45, 7) is 6.96. The van der Waals surface area contributed by atoms with Crippen molar-refractivity contribution in [3.63, 3.8) is 0 Å². The van der Waals surface area contributed by atoms with E-state index < -0.39 is 0 Å². The first-order chi connectivity index (χ1) is 6.76. The smallest absolute Gasteiger partial charge is 0.0502 e. The van der Waals surface area contributed by atoms with Crippen LogP contribution in [0, 0.1) is 11.8 Å². The van der Waals surface area contributed by atoms with Crippen LogP contribution < -0.4 is 0 Å². The molecule has 1 aliphatic heterocycles. The van der Waals surface area contributed by atoms with Crippen molar-refractivity contribution in [3.05, 3.63) is 0 Å². The Kier molecular flexibility index (Phi) is 6.06. The average Bonchev–Trinajstić information content (AvgIpc) is 2.19. The minimum absolute atomic E-state index is 0.760. The lowest BCUT2D eigenvalue weighted by atomic mass is 9.98. The molecule has 0 radical (unpaired) electrons. The topological polar surface area (TPSA) is 12.5 Å². The van der Waals surface area contributed by atoms with Gasteiger partial charge in [-0.05, 0) is 31.2 Å². The quantitative estimate of drug-likeness (QED) is 0.707. The van der Waals surface area contributed by atoms with Gasteiger partial charge in [0.15, 0.2) is 0 Å². The molecule has 0 aliphatic carbocycles. The van der Waals surface area contributed by atoms with E-state index >= 15 is 0 Å². The van der Waals surface area contributed by atoms with E-state index in [0.29, 0.717) is 0 Å². The predicted molar refractivity (Wildman–Crippen MR) is 64.0 cm³/mol. The molecule has 0 aromatic carbocycles. The third-order valence-electron chi connectivity index (χ3n) is 2.84. The highest BCUT2D eigenvalue weighted by Gasteiger charge is 2.20. The van der Waals surface area contributed by atoms with E-state index in [2.05, 4.69) is 27.8 Å². The molecule has 1 rings (SSSR count). The van der Waals surface area contributed by atoms with Crippen molar-refractivity contribution in [3.8, 4) is 0 Å². The van der Waals surface area contributed by atoms with Crippen LogP contribution in [0.5, 0.6) is 0 Å². The van der Waals surface area contributed by atoms with Crippen molar-refractivity contribution < 1.29 is 4.74 Å². The van der Waals surface area contributed by atoms with Crippen LogP contribution in [0.1, 0.15) is 19.8 Å². The third kappa shape index (κ3) is 4.28. The van der Waals surface area contributed by atoms with Crippen LogP contribution in [0.2, 0.25) is 0 Å². The van der Waals surface area contributed by atoms with Gasteiger partial charge in [-0.3, -0.25) is 0 Å². The molecule has 0 N–H and O–H groups in total. The van der Waals surface area contributed by atoms with Crippen LogP contribution in [0.3, 0.4) is 0 Å². The van der Waals surface area contributed by atoms with Gasteiger partial charge in [0.2, 0.25) is 0 Å². The second-order valence-electron chi connectivity index (χ2n) is 4.48. The largest absolute Gasteiger partial charge is 0.384 e. The summed E-state index contributed by atoms with van der Waals surface area (Å²) in [5, 5.41) is 1.11. The second-order valence-corrected chi connectivity index (χ2v) is 5.13. The maximum atomic E-state index is 5.23. The van der Waals surface area contributed by atoms with E-state index in [1.165, 1.54) is 32.5 Å². The molecule has 84 valence electrons. The zero-order valence-corrected chi connectivity index (χ0v) is 10.9. The number of halogens is 1. The van der Waals surface area contributed by atoms with Gasteiger partial charge in [-0.2, -0.15) is 0 Å². The van der Waals surface area contributed by atoms with Gasteiger partial charge in [0.25, 0.3) is 0 Å². The Bertz CT molecular complexity index is 152. The summed E-state index contributed by atoms with van der Waals surface area (Å²) < 4.78 is 5.23. The Morgan fingerprint density at radius 1 is 1.57 bits per heavy atom. The van der Waals surface area contributed by atoms with Crippen molar-refractivity contribution >= 4 is 15.9 Å². The molecule has 2 unspecified atom stereocenters. The minimum atomic E-state index is 0.760. The zero-order valence-electron chi connectivity index (χ0n) is 9.34. The molecule has 0 saturated carbocycles. The molecule has 1 saturated heterocycles. The summed E-state index contributed by atoms with van der Waals surface area (Å²) in [5.74, 6) is 1.52. The van der Waals surface area contributed by atoms with Gasteiger partial charge in [-0.1, -0.05) is 22.9 Å². The molecule has 0 aromatic rings. The predicted octanol–water partition coefficient (Wildman–Crippen LogP) is 2.38. The summed E-state index contributed by atoms with van der Waals surface area (Å²) in [6, 6.07) is 0. The van der Waals surface area contributed by atoms with E-state index in [1.807, 2.05) is 0 Å². The first-order valence-electron chi connectivity index (χ1n) is 5.53. The van der Waals surface area contributed by atoms with Crippen LogP contribution in [0.25, 0.3) is 0 Å². The van der Waals surface area contributed by atoms with Gasteiger partial charge in [-0.25, -0.2) is 0 Å². The molecule has 0 amide bonds. The first kappa shape index (κ1) is 12.5. The number of nitrogens with zero attached hydrogens (tertiary/aromatic N) is 1. The summed E-state index contributed by atoms with van der Waals surface area (Å²) in [7, 11) is 1.81. The molecule has 1 heterocycles. The number of piperidine rings is 1. The monoisotopic (exact) mass is 263 g/mol. The Hall–Kier alpha value is 0.400. The van der Waals surface area contributed by atoms with Gasteiger partial charge in [-0.15, -0.1) is 0 Å².